The molecular weight excluding hydrogens is 783 g/mol. The lowest BCUT2D eigenvalue weighted by Gasteiger charge is -2.22. The molecule has 0 radical (unpaired) electrons. The summed E-state index contributed by atoms with van der Waals surface area (Å²) in [5.41, 5.74) is 12.7. The van der Waals surface area contributed by atoms with Gasteiger partial charge in [0.2, 0.25) is 0 Å². The number of amides is 2. The molecule has 10 heteroatoms. The van der Waals surface area contributed by atoms with Crippen molar-refractivity contribution in [2.24, 2.45) is 0 Å². The third-order valence-electron chi connectivity index (χ3n) is 13.6. The number of hydrogen-bond acceptors (Lipinski definition) is 6. The van der Waals surface area contributed by atoms with E-state index in [2.05, 4.69) is 88.8 Å². The van der Waals surface area contributed by atoms with Crippen molar-refractivity contribution in [1.82, 2.24) is 19.8 Å². The minimum atomic E-state index is -0.483. The maximum atomic E-state index is 13.6. The first-order valence-electron chi connectivity index (χ1n) is 21.8. The second-order valence-electron chi connectivity index (χ2n) is 17.5. The maximum absolute atomic E-state index is 13.6. The smallest absolute Gasteiger partial charge is 0.272 e. The van der Waals surface area contributed by atoms with E-state index in [1.807, 2.05) is 0 Å². The Morgan fingerprint density at radius 3 is 1.71 bits per heavy atom. The lowest BCUT2D eigenvalue weighted by molar-refractivity contribution is 0.0777. The standard InChI is InChI=1S/C52H48F2N4O4/c53-37-12-15-49(55-25-37)51(61)57-19-17-33(27-57)39-14-11-32(21-35(39)29-59)41-6-2-4-8-43(41)46-24-48(46)47-23-44(34-18-20-58(28-34)52(62)50-16-13-38(54)26-56-50)36(30-60)22-45(47)42-7-3-1-5-40(42)31-9-10-31/h1-8,11-16,21-23,25-26,31,33-34,46,48,59-60H,9-10,17-20,24,27-30H2/t33-,34?,46?,48?/m0/s1. The van der Waals surface area contributed by atoms with Gasteiger partial charge in [0.15, 0.2) is 0 Å². The summed E-state index contributed by atoms with van der Waals surface area (Å²) in [6, 6.07) is 33.5. The van der Waals surface area contributed by atoms with Crippen molar-refractivity contribution in [2.45, 2.75) is 74.9 Å². The van der Waals surface area contributed by atoms with Gasteiger partial charge >= 0.3 is 0 Å². The molecule has 2 saturated carbocycles. The van der Waals surface area contributed by atoms with E-state index in [0.717, 1.165) is 70.6 Å². The van der Waals surface area contributed by atoms with Gasteiger partial charge in [-0.15, -0.1) is 0 Å². The number of benzene rings is 4. The first-order valence-corrected chi connectivity index (χ1v) is 21.8. The summed E-state index contributed by atoms with van der Waals surface area (Å²) < 4.78 is 27.1. The van der Waals surface area contributed by atoms with Crippen LogP contribution >= 0.6 is 0 Å². The number of rotatable bonds is 11. The molecule has 0 bridgehead atoms. The Morgan fingerprint density at radius 2 is 1.11 bits per heavy atom. The third-order valence-corrected chi connectivity index (χ3v) is 13.6. The van der Waals surface area contributed by atoms with Crippen LogP contribution in [0.5, 0.6) is 0 Å². The average molecular weight is 831 g/mol. The summed E-state index contributed by atoms with van der Waals surface area (Å²) in [5.74, 6) is -0.334. The fourth-order valence-corrected chi connectivity index (χ4v) is 10.2. The Morgan fingerprint density at radius 1 is 0.548 bits per heavy atom. The molecule has 4 heterocycles. The average Bonchev–Trinajstić information content (AvgIpc) is 4.22. The van der Waals surface area contributed by atoms with Crippen LogP contribution in [-0.2, 0) is 13.2 Å². The van der Waals surface area contributed by atoms with Gasteiger partial charge in [-0.05, 0) is 147 Å². The van der Waals surface area contributed by atoms with Crippen LogP contribution < -0.4 is 0 Å². The maximum Gasteiger partial charge on any atom is 0.272 e. The molecule has 4 aliphatic rings. The predicted molar refractivity (Wildman–Crippen MR) is 233 cm³/mol. The quantitative estimate of drug-likeness (QED) is 0.135. The number of carbonyl (C=O) groups excluding carboxylic acids is 2. The van der Waals surface area contributed by atoms with Gasteiger partial charge in [0.25, 0.3) is 11.8 Å². The van der Waals surface area contributed by atoms with Crippen LogP contribution in [0.2, 0.25) is 0 Å². The Labute approximate surface area is 359 Å². The topological polar surface area (TPSA) is 107 Å². The van der Waals surface area contributed by atoms with Crippen molar-refractivity contribution in [3.63, 3.8) is 0 Å². The van der Waals surface area contributed by atoms with E-state index in [1.54, 1.807) is 9.80 Å². The molecule has 8 nitrogen and oxygen atoms in total. The van der Waals surface area contributed by atoms with Crippen LogP contribution in [0.1, 0.15) is 122 Å². The molecule has 2 aliphatic heterocycles. The molecule has 2 N–H and O–H groups in total. The summed E-state index contributed by atoms with van der Waals surface area (Å²) in [6.45, 7) is 1.85. The van der Waals surface area contributed by atoms with E-state index in [0.29, 0.717) is 32.1 Å². The molecule has 2 saturated heterocycles. The summed E-state index contributed by atoms with van der Waals surface area (Å²) in [4.78, 5) is 38.2. The van der Waals surface area contributed by atoms with Crippen LogP contribution in [0.4, 0.5) is 8.78 Å². The fourth-order valence-electron chi connectivity index (χ4n) is 10.2. The second kappa shape index (κ2) is 16.6. The number of nitrogens with zero attached hydrogens (tertiary/aromatic N) is 4. The van der Waals surface area contributed by atoms with Crippen LogP contribution in [0.15, 0.2) is 116 Å². The molecule has 4 aromatic carbocycles. The number of likely N-dealkylation sites (tertiary alicyclic amines) is 2. The third kappa shape index (κ3) is 7.71. The summed E-state index contributed by atoms with van der Waals surface area (Å²) >= 11 is 0. The fraction of sp³-hybridized carbons (Fsp3) is 0.308. The van der Waals surface area contributed by atoms with Gasteiger partial charge in [-0.3, -0.25) is 9.59 Å². The van der Waals surface area contributed by atoms with Crippen molar-refractivity contribution >= 4 is 11.8 Å². The van der Waals surface area contributed by atoms with Gasteiger partial charge in [-0.2, -0.15) is 0 Å². The zero-order chi connectivity index (χ0) is 42.5. The van der Waals surface area contributed by atoms with Crippen molar-refractivity contribution < 1.29 is 28.6 Å². The number of hydrogen-bond donors (Lipinski definition) is 2. The molecular formula is C52H48F2N4O4. The molecule has 2 aliphatic carbocycles. The minimum Gasteiger partial charge on any atom is -0.392 e. The highest BCUT2D eigenvalue weighted by Crippen LogP contribution is 2.59. The van der Waals surface area contributed by atoms with Gasteiger partial charge in [0.1, 0.15) is 23.0 Å². The van der Waals surface area contributed by atoms with Crippen molar-refractivity contribution in [1.29, 1.82) is 0 Å². The summed E-state index contributed by atoms with van der Waals surface area (Å²) in [6.07, 6.45) is 6.94. The van der Waals surface area contributed by atoms with Gasteiger partial charge in [0, 0.05) is 38.0 Å². The Kier molecular flexibility index (Phi) is 10.7. The first kappa shape index (κ1) is 40.0. The van der Waals surface area contributed by atoms with E-state index < -0.39 is 11.6 Å². The molecule has 314 valence electrons. The Bertz CT molecular complexity index is 2670. The second-order valence-corrected chi connectivity index (χ2v) is 17.5. The molecule has 4 fully saturated rings. The van der Waals surface area contributed by atoms with E-state index in [-0.39, 0.29) is 60.1 Å². The van der Waals surface area contributed by atoms with E-state index >= 15 is 0 Å². The highest BCUT2D eigenvalue weighted by molar-refractivity contribution is 5.93. The molecule has 6 aromatic rings. The zero-order valence-corrected chi connectivity index (χ0v) is 34.4. The largest absolute Gasteiger partial charge is 0.392 e. The van der Waals surface area contributed by atoms with Gasteiger partial charge in [0.05, 0.1) is 25.6 Å². The predicted octanol–water partition coefficient (Wildman–Crippen LogP) is 9.48. The zero-order valence-electron chi connectivity index (χ0n) is 34.4. The monoisotopic (exact) mass is 830 g/mol. The van der Waals surface area contributed by atoms with Crippen molar-refractivity contribution in [3.05, 3.63) is 177 Å². The number of carbonyl (C=O) groups is 2. The van der Waals surface area contributed by atoms with Crippen LogP contribution in [0, 0.1) is 11.6 Å². The number of pyridine rings is 2. The van der Waals surface area contributed by atoms with E-state index in [1.165, 1.54) is 59.4 Å². The number of aromatic nitrogens is 2. The summed E-state index contributed by atoms with van der Waals surface area (Å²) in [5, 5.41) is 21.6. The van der Waals surface area contributed by atoms with Crippen LogP contribution in [0.25, 0.3) is 22.3 Å². The molecule has 62 heavy (non-hydrogen) atoms. The number of aliphatic hydroxyl groups is 2. The van der Waals surface area contributed by atoms with Gasteiger partial charge < -0.3 is 20.0 Å². The number of aliphatic hydroxyl groups excluding tert-OH is 2. The van der Waals surface area contributed by atoms with E-state index in [4.69, 9.17) is 0 Å². The van der Waals surface area contributed by atoms with Crippen LogP contribution in [-0.4, -0.2) is 68.0 Å². The first-order chi connectivity index (χ1) is 30.3. The van der Waals surface area contributed by atoms with Gasteiger partial charge in [-0.1, -0.05) is 66.7 Å². The molecule has 2 amide bonds. The van der Waals surface area contributed by atoms with Crippen molar-refractivity contribution in [2.75, 3.05) is 26.2 Å². The highest BCUT2D eigenvalue weighted by atomic mass is 19.1. The lowest BCUT2D eigenvalue weighted by atomic mass is 9.83. The molecule has 4 atom stereocenters. The van der Waals surface area contributed by atoms with E-state index in [9.17, 15) is 28.6 Å². The Balaban J connectivity index is 0.953. The van der Waals surface area contributed by atoms with Crippen LogP contribution in [0.3, 0.4) is 0 Å². The molecule has 0 spiro atoms. The molecule has 3 unspecified atom stereocenters. The summed E-state index contributed by atoms with van der Waals surface area (Å²) in [7, 11) is 0. The van der Waals surface area contributed by atoms with Gasteiger partial charge in [-0.25, -0.2) is 18.7 Å². The normalized spacial score (nSPS) is 20.8. The SMILES string of the molecule is O=C(c1ccc(F)cn1)N1CCC(c2cc(C3CC3c3ccccc3-c3ccc([C@H]4CCN(C(=O)c5ccc(F)cn5)C4)c(CO)c3)c(-c3ccccc3C3CC3)cc2CO)C1. The number of halogens is 2. The highest BCUT2D eigenvalue weighted by Gasteiger charge is 2.43. The molecule has 2 aromatic heterocycles. The lowest BCUT2D eigenvalue weighted by Crippen LogP contribution is -2.29. The molecule has 10 rings (SSSR count). The van der Waals surface area contributed by atoms with Crippen molar-refractivity contribution in [3.8, 4) is 22.3 Å². The minimum absolute atomic E-state index is 0.0255. The Hall–Kier alpha value is -6.10.